The number of Topliss-reactive ketones (excluding diaryl/α,β-unsaturated/α-hetero) is 1. The average molecular weight is 1380 g/mol. The largest absolute Gasteiger partial charge is 0.462 e. The zero-order valence-electron chi connectivity index (χ0n) is 61.6. The molecule has 0 radical (unpaired) electrons. The lowest BCUT2D eigenvalue weighted by atomic mass is 9.44. The first-order valence-corrected chi connectivity index (χ1v) is 39.3. The highest BCUT2D eigenvalue weighted by Crippen LogP contribution is 2.69. The van der Waals surface area contributed by atoms with E-state index >= 15 is 4.39 Å². The van der Waals surface area contributed by atoms with E-state index in [1.807, 2.05) is 6.08 Å². The molecule has 1 unspecified atom stereocenters. The summed E-state index contributed by atoms with van der Waals surface area (Å²) in [4.78, 5) is 90.9. The number of unbranched alkanes of at least 4 members (excludes halogenated alkanes) is 27. The van der Waals surface area contributed by atoms with Crippen molar-refractivity contribution in [3.05, 3.63) is 60.3 Å². The van der Waals surface area contributed by atoms with Gasteiger partial charge in [0.2, 0.25) is 5.78 Å². The molecule has 4 aliphatic rings. The Labute approximate surface area is 590 Å². The number of carbonyl (C=O) groups is 7. The van der Waals surface area contributed by atoms with Crippen LogP contribution in [0.25, 0.3) is 0 Å². The van der Waals surface area contributed by atoms with Crippen molar-refractivity contribution in [2.24, 2.45) is 22.7 Å². The summed E-state index contributed by atoms with van der Waals surface area (Å²) in [5.41, 5.74) is -5.82. The predicted octanol–water partition coefficient (Wildman–Crippen LogP) is 18.6. The smallest absolute Gasteiger partial charge is 0.306 e. The number of allylic oxidation sites excluding steroid dienone is 8. The highest BCUT2D eigenvalue weighted by molar-refractivity contribution is 6.01. The van der Waals surface area contributed by atoms with Crippen molar-refractivity contribution >= 4 is 41.4 Å². The van der Waals surface area contributed by atoms with Gasteiger partial charge in [0.25, 0.3) is 0 Å². The van der Waals surface area contributed by atoms with Gasteiger partial charge < -0.3 is 39.0 Å². The Bertz CT molecular complexity index is 2480. The van der Waals surface area contributed by atoms with Crippen LogP contribution < -0.4 is 0 Å². The molecule has 0 aromatic heterocycles. The molecule has 98 heavy (non-hydrogen) atoms. The SMILES string of the molecule is CCCCCCCC/C=C\CCCCCCCC(=O)OCC(COC(=O)CCCCCCC/C=C\C[C@H](O)CCCCCC)OC(=O)CCCCCCC/C=C\C[C@@H](CCCCCC)OC(=O)CCC(=O)OCC(=O)[C@@]1(O)CC[C@H]2[C@@H]3CCC4=CC(=O)C=C[C@]4(C)[C@@]3(F)[C@@H](O)C[C@@]21C. The van der Waals surface area contributed by atoms with Crippen LogP contribution in [-0.2, 0) is 57.2 Å². The first-order valence-electron chi connectivity index (χ1n) is 39.3. The second-order valence-corrected chi connectivity index (χ2v) is 29.6. The molecule has 0 bridgehead atoms. The van der Waals surface area contributed by atoms with Crippen molar-refractivity contribution in [2.75, 3.05) is 19.8 Å². The molecule has 0 saturated heterocycles. The summed E-state index contributed by atoms with van der Waals surface area (Å²) in [5.74, 6) is -4.54. The maximum absolute atomic E-state index is 17.5. The molecule has 10 atom stereocenters. The lowest BCUT2D eigenvalue weighted by Gasteiger charge is -2.62. The maximum atomic E-state index is 17.5. The summed E-state index contributed by atoms with van der Waals surface area (Å²) in [5, 5.41) is 33.9. The van der Waals surface area contributed by atoms with E-state index in [-0.39, 0.29) is 88.1 Å². The first kappa shape index (κ1) is 85.6. The van der Waals surface area contributed by atoms with Crippen molar-refractivity contribution in [3.63, 3.8) is 0 Å². The van der Waals surface area contributed by atoms with Crippen molar-refractivity contribution in [2.45, 2.75) is 372 Å². The molecule has 0 spiro atoms. The molecule has 0 aromatic rings. The minimum absolute atomic E-state index is 0.0279. The van der Waals surface area contributed by atoms with Gasteiger partial charge in [-0.3, -0.25) is 33.6 Å². The molecule has 558 valence electrons. The zero-order valence-corrected chi connectivity index (χ0v) is 61.6. The van der Waals surface area contributed by atoms with E-state index < -0.39 is 76.4 Å². The molecule has 3 saturated carbocycles. The minimum Gasteiger partial charge on any atom is -0.462 e. The van der Waals surface area contributed by atoms with Gasteiger partial charge in [-0.05, 0) is 153 Å². The number of hydrogen-bond donors (Lipinski definition) is 3. The monoisotopic (exact) mass is 1380 g/mol. The number of aliphatic hydroxyl groups excluding tert-OH is 2. The summed E-state index contributed by atoms with van der Waals surface area (Å²) < 4.78 is 45.7. The van der Waals surface area contributed by atoms with Gasteiger partial charge in [-0.15, -0.1) is 0 Å². The summed E-state index contributed by atoms with van der Waals surface area (Å²) in [6.45, 7) is 8.93. The van der Waals surface area contributed by atoms with Crippen LogP contribution >= 0.6 is 0 Å². The van der Waals surface area contributed by atoms with E-state index in [1.54, 1.807) is 19.9 Å². The number of rotatable bonds is 57. The van der Waals surface area contributed by atoms with Gasteiger partial charge in [-0.25, -0.2) is 4.39 Å². The van der Waals surface area contributed by atoms with Crippen LogP contribution in [0.15, 0.2) is 60.3 Å². The number of carbonyl (C=O) groups excluding carboxylic acids is 7. The molecule has 16 heteroatoms. The third-order valence-electron chi connectivity index (χ3n) is 21.7. The first-order chi connectivity index (χ1) is 47.3. The fraction of sp³-hybridized carbons (Fsp3) is 0.793. The van der Waals surface area contributed by atoms with Crippen LogP contribution in [0.5, 0.6) is 0 Å². The molecule has 15 nitrogen and oxygen atoms in total. The van der Waals surface area contributed by atoms with Crippen LogP contribution in [-0.4, -0.2) is 112 Å². The number of aliphatic hydroxyl groups is 3. The third kappa shape index (κ3) is 30.4. The Balaban J connectivity index is 1.12. The van der Waals surface area contributed by atoms with E-state index in [1.165, 1.54) is 69.9 Å². The van der Waals surface area contributed by atoms with Gasteiger partial charge in [0.15, 0.2) is 24.2 Å². The Kier molecular flexibility index (Phi) is 42.7. The topological polar surface area (TPSA) is 226 Å². The number of hydrogen-bond acceptors (Lipinski definition) is 15. The van der Waals surface area contributed by atoms with E-state index in [2.05, 4.69) is 51.2 Å². The van der Waals surface area contributed by atoms with E-state index in [4.69, 9.17) is 23.7 Å². The second kappa shape index (κ2) is 48.9. The number of fused-ring (bicyclic) bond motifs is 5. The van der Waals surface area contributed by atoms with E-state index in [9.17, 15) is 48.9 Å². The van der Waals surface area contributed by atoms with Gasteiger partial charge in [-0.1, -0.05) is 211 Å². The molecule has 3 N–H and O–H groups in total. The fourth-order valence-corrected chi connectivity index (χ4v) is 15.5. The molecule has 4 rings (SSSR count). The molecule has 0 heterocycles. The van der Waals surface area contributed by atoms with Crippen molar-refractivity contribution in [1.29, 1.82) is 0 Å². The van der Waals surface area contributed by atoms with Gasteiger partial charge in [0.1, 0.15) is 24.9 Å². The molecule has 0 aliphatic heterocycles. The van der Waals surface area contributed by atoms with Gasteiger partial charge in [0.05, 0.1) is 25.0 Å². The van der Waals surface area contributed by atoms with Gasteiger partial charge in [0, 0.05) is 42.4 Å². The summed E-state index contributed by atoms with van der Waals surface area (Å²) in [6.07, 6.45) is 52.9. The molecule has 0 amide bonds. The molecule has 0 aromatic carbocycles. The Morgan fingerprint density at radius 2 is 0.969 bits per heavy atom. The van der Waals surface area contributed by atoms with Crippen LogP contribution in [0.4, 0.5) is 4.39 Å². The summed E-state index contributed by atoms with van der Waals surface area (Å²) in [7, 11) is 0. The van der Waals surface area contributed by atoms with E-state index in [0.717, 1.165) is 148 Å². The highest BCUT2D eigenvalue weighted by atomic mass is 19.1. The normalized spacial score (nSPS) is 23.7. The van der Waals surface area contributed by atoms with Crippen LogP contribution in [0.1, 0.15) is 336 Å². The fourth-order valence-electron chi connectivity index (χ4n) is 15.5. The Morgan fingerprint density at radius 3 is 1.52 bits per heavy atom. The zero-order chi connectivity index (χ0) is 71.3. The number of halogens is 1. The molecule has 3 fully saturated rings. The summed E-state index contributed by atoms with van der Waals surface area (Å²) >= 11 is 0. The van der Waals surface area contributed by atoms with Crippen molar-refractivity contribution in [1.82, 2.24) is 0 Å². The van der Waals surface area contributed by atoms with Crippen molar-refractivity contribution in [3.8, 4) is 0 Å². The Hall–Kier alpha value is -4.80. The van der Waals surface area contributed by atoms with Crippen LogP contribution in [0.3, 0.4) is 0 Å². The standard InChI is InChI=1S/C82H133FO15/c1-6-9-12-15-16-17-18-19-20-21-22-23-30-35-42-49-74(88)94-62-69(63-95-75(89)50-43-36-31-26-24-28-33-39-46-66(84)45-38-13-10-7-2)98-77(91)51-44-37-32-27-25-29-34-41-48-68(47-40-14-11-8-3)97-78(92)55-54-76(90)96-64-73(87)81(93)59-57-70-71-53-52-65-60-67(85)56-58-79(65,4)82(71,83)72(86)61-80(70,81)5/h19-20,33-34,39,41,56,58,60,66,68-72,84,86,93H,6-18,21-32,35-38,40,42-55,57,59,61-64H2,1-5H3/b20-19-,39-33-,41-34-/t66-,68-,69?,70+,71+,72+,79+,80+,81+,82+/m1/s1. The van der Waals surface area contributed by atoms with Crippen molar-refractivity contribution < 1.29 is 77.0 Å². The highest BCUT2D eigenvalue weighted by Gasteiger charge is 2.74. The minimum atomic E-state index is -2.10. The van der Waals surface area contributed by atoms with Crippen LogP contribution in [0.2, 0.25) is 0 Å². The maximum Gasteiger partial charge on any atom is 0.306 e. The van der Waals surface area contributed by atoms with Gasteiger partial charge >= 0.3 is 29.8 Å². The quantitative estimate of drug-likeness (QED) is 0.0223. The number of esters is 5. The van der Waals surface area contributed by atoms with E-state index in [0.29, 0.717) is 56.9 Å². The number of ether oxygens (including phenoxy) is 5. The lowest BCUT2D eigenvalue weighted by molar-refractivity contribution is -0.217. The lowest BCUT2D eigenvalue weighted by Crippen LogP contribution is -2.69. The summed E-state index contributed by atoms with van der Waals surface area (Å²) in [6, 6.07) is 0. The predicted molar refractivity (Wildman–Crippen MR) is 385 cm³/mol. The molecule has 4 aliphatic carbocycles. The van der Waals surface area contributed by atoms with Gasteiger partial charge in [-0.2, -0.15) is 0 Å². The second-order valence-electron chi connectivity index (χ2n) is 29.6. The average Bonchev–Trinajstić information content (AvgIpc) is 1.30. The molecular weight excluding hydrogens is 1240 g/mol. The Morgan fingerprint density at radius 1 is 0.531 bits per heavy atom. The number of alkyl halides is 1. The number of ketones is 2. The van der Waals surface area contributed by atoms with Crippen LogP contribution in [0, 0.1) is 22.7 Å². The molecular formula is C82H133FO15. The third-order valence-corrected chi connectivity index (χ3v) is 21.7.